The molecule has 8 nitrogen and oxygen atoms in total. The second-order valence-electron chi connectivity index (χ2n) is 9.73. The van der Waals surface area contributed by atoms with Gasteiger partial charge in [0.2, 0.25) is 0 Å². The lowest BCUT2D eigenvalue weighted by Gasteiger charge is -2.19. The standard InChI is InChI=1S/C31H35Cl2N3O5/c1-6-9-20(7-2)16-17-41-30(39)25(34-28(37)27-23(32)10-8-11-24(27)33)18-21-12-14-22(15-13-21)26-19(3)35(4)31(40)36(5)29(26)38/h8-15,25H,6-7,16-18H2,1-5H3,(H,34,37)/b20-9+/t25-/m0/s1. The summed E-state index contributed by atoms with van der Waals surface area (Å²) in [5, 5.41) is 3.07. The van der Waals surface area contributed by atoms with Crippen LogP contribution in [0.4, 0.5) is 0 Å². The number of benzene rings is 2. The van der Waals surface area contributed by atoms with E-state index in [0.717, 1.165) is 23.0 Å². The molecular formula is C31H35Cl2N3O5. The molecule has 2 aromatic carbocycles. The molecule has 10 heteroatoms. The van der Waals surface area contributed by atoms with Gasteiger partial charge in [0.1, 0.15) is 6.04 Å². The maximum Gasteiger partial charge on any atom is 0.330 e. The number of halogens is 2. The number of hydrogen-bond acceptors (Lipinski definition) is 5. The minimum absolute atomic E-state index is 0.0733. The zero-order valence-corrected chi connectivity index (χ0v) is 25.4. The Morgan fingerprint density at radius 3 is 2.22 bits per heavy atom. The number of rotatable bonds is 11. The van der Waals surface area contributed by atoms with Gasteiger partial charge in [0, 0.05) is 32.6 Å². The zero-order valence-electron chi connectivity index (χ0n) is 23.9. The van der Waals surface area contributed by atoms with E-state index in [4.69, 9.17) is 27.9 Å². The SMILES string of the molecule is CC/C=C(\CC)CCOC(=O)[C@H](Cc1ccc(-c2c(C)n(C)c(=O)n(C)c2=O)cc1)NC(=O)c1c(Cl)cccc1Cl. The van der Waals surface area contributed by atoms with Gasteiger partial charge < -0.3 is 14.6 Å². The van der Waals surface area contributed by atoms with E-state index in [-0.39, 0.29) is 28.6 Å². The highest BCUT2D eigenvalue weighted by Crippen LogP contribution is 2.25. The molecule has 3 aromatic rings. The van der Waals surface area contributed by atoms with Crippen LogP contribution in [0.5, 0.6) is 0 Å². The number of allylic oxidation sites excluding steroid dienone is 1. The molecule has 0 saturated carbocycles. The van der Waals surface area contributed by atoms with Crippen LogP contribution in [0, 0.1) is 6.92 Å². The number of ether oxygens (including phenoxy) is 1. The first-order valence-corrected chi connectivity index (χ1v) is 14.2. The molecule has 1 N–H and O–H groups in total. The molecule has 0 aliphatic carbocycles. The summed E-state index contributed by atoms with van der Waals surface area (Å²) >= 11 is 12.5. The summed E-state index contributed by atoms with van der Waals surface area (Å²) in [4.78, 5) is 51.5. The topological polar surface area (TPSA) is 99.4 Å². The van der Waals surface area contributed by atoms with E-state index >= 15 is 0 Å². The van der Waals surface area contributed by atoms with E-state index < -0.39 is 29.2 Å². The van der Waals surface area contributed by atoms with Gasteiger partial charge in [0.05, 0.1) is 27.8 Å². The van der Waals surface area contributed by atoms with Crippen molar-refractivity contribution in [1.29, 1.82) is 0 Å². The van der Waals surface area contributed by atoms with E-state index in [9.17, 15) is 19.2 Å². The Balaban J connectivity index is 1.88. The van der Waals surface area contributed by atoms with Crippen molar-refractivity contribution in [2.75, 3.05) is 6.61 Å². The molecular weight excluding hydrogens is 565 g/mol. The normalized spacial score (nSPS) is 12.2. The predicted molar refractivity (Wildman–Crippen MR) is 163 cm³/mol. The summed E-state index contributed by atoms with van der Waals surface area (Å²) in [6.07, 6.45) is 4.61. The molecule has 41 heavy (non-hydrogen) atoms. The van der Waals surface area contributed by atoms with Crippen molar-refractivity contribution in [3.05, 3.63) is 102 Å². The van der Waals surface area contributed by atoms with Crippen LogP contribution in [0.2, 0.25) is 10.0 Å². The van der Waals surface area contributed by atoms with Crippen LogP contribution in [-0.4, -0.2) is 33.7 Å². The van der Waals surface area contributed by atoms with Crippen molar-refractivity contribution >= 4 is 35.1 Å². The molecule has 0 radical (unpaired) electrons. The van der Waals surface area contributed by atoms with Crippen molar-refractivity contribution in [3.8, 4) is 11.1 Å². The molecule has 0 bridgehead atoms. The number of nitrogens with zero attached hydrogens (tertiary/aromatic N) is 2. The molecule has 3 rings (SSSR count). The zero-order chi connectivity index (χ0) is 30.3. The van der Waals surface area contributed by atoms with Gasteiger partial charge in [0.15, 0.2) is 0 Å². The fourth-order valence-corrected chi connectivity index (χ4v) is 5.12. The van der Waals surface area contributed by atoms with Crippen molar-refractivity contribution in [2.45, 2.75) is 52.5 Å². The number of carbonyl (C=O) groups is 2. The Morgan fingerprint density at radius 1 is 1.00 bits per heavy atom. The van der Waals surface area contributed by atoms with E-state index in [1.165, 1.54) is 17.2 Å². The van der Waals surface area contributed by atoms with Crippen LogP contribution in [0.1, 0.15) is 54.7 Å². The Bertz CT molecular complexity index is 1550. The van der Waals surface area contributed by atoms with Crippen molar-refractivity contribution in [1.82, 2.24) is 14.5 Å². The third kappa shape index (κ3) is 7.57. The molecule has 218 valence electrons. The molecule has 1 heterocycles. The highest BCUT2D eigenvalue weighted by molar-refractivity contribution is 6.39. The largest absolute Gasteiger partial charge is 0.464 e. The average Bonchev–Trinajstić information content (AvgIpc) is 2.95. The van der Waals surface area contributed by atoms with E-state index in [1.54, 1.807) is 56.4 Å². The van der Waals surface area contributed by atoms with Gasteiger partial charge >= 0.3 is 11.7 Å². The number of esters is 1. The van der Waals surface area contributed by atoms with Crippen LogP contribution < -0.4 is 16.6 Å². The Kier molecular flexibility index (Phi) is 11.1. The molecule has 0 aliphatic rings. The smallest absolute Gasteiger partial charge is 0.330 e. The lowest BCUT2D eigenvalue weighted by molar-refractivity contribution is -0.145. The Morgan fingerprint density at radius 2 is 1.63 bits per heavy atom. The molecule has 1 atom stereocenters. The van der Waals surface area contributed by atoms with E-state index in [2.05, 4.69) is 25.2 Å². The highest BCUT2D eigenvalue weighted by atomic mass is 35.5. The maximum atomic E-state index is 13.2. The van der Waals surface area contributed by atoms with Gasteiger partial charge in [0.25, 0.3) is 11.5 Å². The Hall–Kier alpha value is -3.62. The van der Waals surface area contributed by atoms with Gasteiger partial charge in [-0.3, -0.25) is 14.2 Å². The number of carbonyl (C=O) groups excluding carboxylic acids is 2. The summed E-state index contributed by atoms with van der Waals surface area (Å²) in [6, 6.07) is 10.8. The van der Waals surface area contributed by atoms with Crippen molar-refractivity contribution < 1.29 is 14.3 Å². The maximum absolute atomic E-state index is 13.2. The summed E-state index contributed by atoms with van der Waals surface area (Å²) in [5.41, 5.74) is 2.77. The summed E-state index contributed by atoms with van der Waals surface area (Å²) in [6.45, 7) is 6.01. The molecule has 0 spiro atoms. The number of amides is 1. The third-order valence-electron chi connectivity index (χ3n) is 7.03. The summed E-state index contributed by atoms with van der Waals surface area (Å²) < 4.78 is 8.07. The second kappa shape index (κ2) is 14.3. The first-order chi connectivity index (χ1) is 19.5. The predicted octanol–water partition coefficient (Wildman–Crippen LogP) is 5.39. The minimum atomic E-state index is -1.02. The van der Waals surface area contributed by atoms with Crippen LogP contribution >= 0.6 is 23.2 Å². The molecule has 1 amide bonds. The Labute approximate surface area is 249 Å². The second-order valence-corrected chi connectivity index (χ2v) is 10.5. The first kappa shape index (κ1) is 31.9. The average molecular weight is 601 g/mol. The quantitative estimate of drug-likeness (QED) is 0.235. The van der Waals surface area contributed by atoms with Gasteiger partial charge in [-0.05, 0) is 43.0 Å². The van der Waals surface area contributed by atoms with Gasteiger partial charge in [-0.2, -0.15) is 0 Å². The lowest BCUT2D eigenvalue weighted by Crippen LogP contribution is -2.43. The number of nitrogens with one attached hydrogen (secondary N) is 1. The van der Waals surface area contributed by atoms with Crippen LogP contribution in [0.3, 0.4) is 0 Å². The van der Waals surface area contributed by atoms with Crippen LogP contribution in [0.25, 0.3) is 11.1 Å². The molecule has 0 unspecified atom stereocenters. The van der Waals surface area contributed by atoms with E-state index in [1.807, 2.05) is 0 Å². The van der Waals surface area contributed by atoms with E-state index in [0.29, 0.717) is 23.2 Å². The highest BCUT2D eigenvalue weighted by Gasteiger charge is 2.26. The number of hydrogen-bond donors (Lipinski definition) is 1. The fraction of sp³-hybridized carbons (Fsp3) is 0.355. The monoisotopic (exact) mass is 599 g/mol. The molecule has 0 saturated heterocycles. The summed E-state index contributed by atoms with van der Waals surface area (Å²) in [5.74, 6) is -1.18. The van der Waals surface area contributed by atoms with Crippen LogP contribution in [-0.2, 0) is 30.0 Å². The lowest BCUT2D eigenvalue weighted by atomic mass is 10.00. The fourth-order valence-electron chi connectivity index (χ4n) is 4.55. The first-order valence-electron chi connectivity index (χ1n) is 13.4. The van der Waals surface area contributed by atoms with Crippen molar-refractivity contribution in [2.24, 2.45) is 14.1 Å². The van der Waals surface area contributed by atoms with Crippen LogP contribution in [0.15, 0.2) is 63.7 Å². The minimum Gasteiger partial charge on any atom is -0.464 e. The number of aromatic nitrogens is 2. The van der Waals surface area contributed by atoms with Crippen molar-refractivity contribution in [3.63, 3.8) is 0 Å². The molecule has 0 aliphatic heterocycles. The van der Waals surface area contributed by atoms with Gasteiger partial charge in [-0.25, -0.2) is 9.59 Å². The summed E-state index contributed by atoms with van der Waals surface area (Å²) in [7, 11) is 3.05. The van der Waals surface area contributed by atoms with Gasteiger partial charge in [-0.1, -0.05) is 79.0 Å². The molecule has 0 fully saturated rings. The molecule has 1 aromatic heterocycles. The third-order valence-corrected chi connectivity index (χ3v) is 7.66. The van der Waals surface area contributed by atoms with Gasteiger partial charge in [-0.15, -0.1) is 0 Å².